The second kappa shape index (κ2) is 8.04. The van der Waals surface area contributed by atoms with Crippen molar-refractivity contribution in [2.45, 2.75) is 17.7 Å². The zero-order chi connectivity index (χ0) is 21.3. The Morgan fingerprint density at radius 3 is 2.40 bits per heavy atom. The van der Waals surface area contributed by atoms with Crippen LogP contribution in [0.4, 0.5) is 5.69 Å². The molecule has 10 heteroatoms. The van der Waals surface area contributed by atoms with Gasteiger partial charge in [0.05, 0.1) is 4.92 Å². The Kier molecular flexibility index (Phi) is 5.44. The molecule has 0 saturated carbocycles. The summed E-state index contributed by atoms with van der Waals surface area (Å²) in [4.78, 5) is 23.1. The number of sulfonamides is 1. The number of Topliss-reactive ketones (excluding diaryl/α,β-unsaturated/α-hetero) is 1. The molecule has 2 aliphatic rings. The predicted molar refractivity (Wildman–Crippen MR) is 106 cm³/mol. The van der Waals surface area contributed by atoms with Crippen molar-refractivity contribution in [2.24, 2.45) is 5.92 Å². The second-order valence-electron chi connectivity index (χ2n) is 7.13. The summed E-state index contributed by atoms with van der Waals surface area (Å²) < 4.78 is 38.1. The van der Waals surface area contributed by atoms with E-state index in [2.05, 4.69) is 0 Å². The maximum absolute atomic E-state index is 12.9. The lowest BCUT2D eigenvalue weighted by atomic mass is 9.89. The zero-order valence-corrected chi connectivity index (χ0v) is 16.8. The van der Waals surface area contributed by atoms with Gasteiger partial charge >= 0.3 is 0 Å². The summed E-state index contributed by atoms with van der Waals surface area (Å²) >= 11 is 0. The smallest absolute Gasteiger partial charge is 0.289 e. The Morgan fingerprint density at radius 2 is 1.70 bits per heavy atom. The Balaban J connectivity index is 1.47. The van der Waals surface area contributed by atoms with Gasteiger partial charge in [0, 0.05) is 30.6 Å². The molecule has 0 aliphatic carbocycles. The maximum atomic E-state index is 12.9. The number of ether oxygens (including phenoxy) is 2. The highest BCUT2D eigenvalue weighted by atomic mass is 32.2. The van der Waals surface area contributed by atoms with Gasteiger partial charge in [0.15, 0.2) is 22.2 Å². The molecule has 2 aliphatic heterocycles. The van der Waals surface area contributed by atoms with Gasteiger partial charge in [-0.1, -0.05) is 12.1 Å². The first-order valence-corrected chi connectivity index (χ1v) is 11.0. The van der Waals surface area contributed by atoms with Crippen LogP contribution in [0.2, 0.25) is 0 Å². The SMILES string of the molecule is O=C(c1ccc2c(c1)OCCO2)C1CCN(S(=O)(=O)c2ccccc2[N+](=O)[O-])CC1. The number of carbonyl (C=O) groups is 1. The fraction of sp³-hybridized carbons (Fsp3) is 0.350. The van der Waals surface area contributed by atoms with Crippen molar-refractivity contribution in [3.05, 3.63) is 58.1 Å². The Bertz CT molecular complexity index is 1090. The normalized spacial score (nSPS) is 17.5. The number of nitro groups is 1. The van der Waals surface area contributed by atoms with Gasteiger partial charge in [-0.05, 0) is 37.1 Å². The molecule has 2 aromatic rings. The van der Waals surface area contributed by atoms with Crippen molar-refractivity contribution < 1.29 is 27.6 Å². The van der Waals surface area contributed by atoms with Crippen LogP contribution in [0.1, 0.15) is 23.2 Å². The van der Waals surface area contributed by atoms with E-state index in [0.717, 1.165) is 0 Å². The largest absolute Gasteiger partial charge is 0.486 e. The van der Waals surface area contributed by atoms with Gasteiger partial charge in [-0.25, -0.2) is 8.42 Å². The van der Waals surface area contributed by atoms with Crippen LogP contribution in [0.3, 0.4) is 0 Å². The molecule has 30 heavy (non-hydrogen) atoms. The molecular weight excluding hydrogens is 412 g/mol. The van der Waals surface area contributed by atoms with E-state index in [1.54, 1.807) is 18.2 Å². The molecular formula is C20H20N2O7S. The Hall–Kier alpha value is -2.98. The van der Waals surface area contributed by atoms with Gasteiger partial charge in [-0.3, -0.25) is 14.9 Å². The first-order valence-electron chi connectivity index (χ1n) is 9.55. The van der Waals surface area contributed by atoms with E-state index < -0.39 is 20.6 Å². The van der Waals surface area contributed by atoms with Gasteiger partial charge in [0.25, 0.3) is 5.69 Å². The molecule has 1 saturated heterocycles. The molecule has 1 fully saturated rings. The Morgan fingerprint density at radius 1 is 1.03 bits per heavy atom. The highest BCUT2D eigenvalue weighted by Gasteiger charge is 2.36. The van der Waals surface area contributed by atoms with E-state index in [1.165, 1.54) is 28.6 Å². The summed E-state index contributed by atoms with van der Waals surface area (Å²) in [5.74, 6) is 0.728. The summed E-state index contributed by atoms with van der Waals surface area (Å²) in [6, 6.07) is 10.3. The summed E-state index contributed by atoms with van der Waals surface area (Å²) in [7, 11) is -4.02. The number of piperidine rings is 1. The van der Waals surface area contributed by atoms with Gasteiger partial charge in [-0.2, -0.15) is 4.31 Å². The van der Waals surface area contributed by atoms with E-state index in [1.807, 2.05) is 0 Å². The molecule has 158 valence electrons. The lowest BCUT2D eigenvalue weighted by Gasteiger charge is -2.30. The molecule has 0 unspecified atom stereocenters. The van der Waals surface area contributed by atoms with Gasteiger partial charge in [0.2, 0.25) is 10.0 Å². The van der Waals surface area contributed by atoms with Crippen LogP contribution < -0.4 is 9.47 Å². The van der Waals surface area contributed by atoms with E-state index in [9.17, 15) is 23.3 Å². The monoisotopic (exact) mass is 432 g/mol. The molecule has 0 N–H and O–H groups in total. The molecule has 9 nitrogen and oxygen atoms in total. The number of rotatable bonds is 5. The maximum Gasteiger partial charge on any atom is 0.289 e. The van der Waals surface area contributed by atoms with Crippen molar-refractivity contribution in [3.8, 4) is 11.5 Å². The number of fused-ring (bicyclic) bond motifs is 1. The van der Waals surface area contributed by atoms with Crippen molar-refractivity contribution >= 4 is 21.5 Å². The standard InChI is InChI=1S/C20H20N2O7S/c23-20(15-5-6-17-18(13-15)29-12-11-28-17)14-7-9-21(10-8-14)30(26,27)19-4-2-1-3-16(19)22(24)25/h1-6,13-14H,7-12H2. The molecule has 4 rings (SSSR count). The van der Waals surface area contributed by atoms with Crippen molar-refractivity contribution in [1.29, 1.82) is 0 Å². The minimum Gasteiger partial charge on any atom is -0.486 e. The van der Waals surface area contributed by atoms with Crippen molar-refractivity contribution in [2.75, 3.05) is 26.3 Å². The van der Waals surface area contributed by atoms with Crippen LogP contribution in [0, 0.1) is 16.0 Å². The number of ketones is 1. The van der Waals surface area contributed by atoms with Crippen LogP contribution in [0.15, 0.2) is 47.4 Å². The molecule has 0 atom stereocenters. The lowest BCUT2D eigenvalue weighted by molar-refractivity contribution is -0.387. The van der Waals surface area contributed by atoms with Gasteiger partial charge in [0.1, 0.15) is 13.2 Å². The number of nitrogens with zero attached hydrogens (tertiary/aromatic N) is 2. The topological polar surface area (TPSA) is 116 Å². The number of hydrogen-bond acceptors (Lipinski definition) is 7. The third kappa shape index (κ3) is 3.75. The predicted octanol–water partition coefficient (Wildman–Crippen LogP) is 2.65. The highest BCUT2D eigenvalue weighted by molar-refractivity contribution is 7.89. The zero-order valence-electron chi connectivity index (χ0n) is 16.0. The quantitative estimate of drug-likeness (QED) is 0.405. The molecule has 2 aromatic carbocycles. The summed E-state index contributed by atoms with van der Waals surface area (Å²) in [6.45, 7) is 1.13. The van der Waals surface area contributed by atoms with Gasteiger partial charge < -0.3 is 9.47 Å². The van der Waals surface area contributed by atoms with Crippen LogP contribution in [0.5, 0.6) is 11.5 Å². The molecule has 0 amide bonds. The molecule has 2 heterocycles. The van der Waals surface area contributed by atoms with Crippen LogP contribution in [0.25, 0.3) is 0 Å². The van der Waals surface area contributed by atoms with Gasteiger partial charge in [-0.15, -0.1) is 0 Å². The molecule has 0 spiro atoms. The average Bonchev–Trinajstić information content (AvgIpc) is 2.78. The van der Waals surface area contributed by atoms with Crippen molar-refractivity contribution in [1.82, 2.24) is 4.31 Å². The van der Waals surface area contributed by atoms with E-state index in [0.29, 0.717) is 43.1 Å². The van der Waals surface area contributed by atoms with Crippen molar-refractivity contribution in [3.63, 3.8) is 0 Å². The van der Waals surface area contributed by atoms with Crippen LogP contribution >= 0.6 is 0 Å². The minimum atomic E-state index is -4.02. The van der Waals surface area contributed by atoms with E-state index in [-0.39, 0.29) is 29.7 Å². The number of hydrogen-bond donors (Lipinski definition) is 0. The second-order valence-corrected chi connectivity index (χ2v) is 9.03. The number of benzene rings is 2. The number of nitro benzene ring substituents is 1. The average molecular weight is 432 g/mol. The first kappa shape index (κ1) is 20.3. The Labute approximate surface area is 173 Å². The fourth-order valence-electron chi connectivity index (χ4n) is 3.76. The fourth-order valence-corrected chi connectivity index (χ4v) is 5.38. The van der Waals surface area contributed by atoms with Crippen LogP contribution in [-0.4, -0.2) is 49.7 Å². The number of para-hydroxylation sites is 1. The summed E-state index contributed by atoms with van der Waals surface area (Å²) in [5, 5.41) is 11.2. The molecule has 0 radical (unpaired) electrons. The van der Waals surface area contributed by atoms with E-state index in [4.69, 9.17) is 9.47 Å². The van der Waals surface area contributed by atoms with E-state index >= 15 is 0 Å². The minimum absolute atomic E-state index is 0.0743. The third-order valence-electron chi connectivity index (χ3n) is 5.33. The summed E-state index contributed by atoms with van der Waals surface area (Å²) in [5.41, 5.74) is 0.0474. The molecule has 0 bridgehead atoms. The van der Waals surface area contributed by atoms with Crippen LogP contribution in [-0.2, 0) is 10.0 Å². The molecule has 0 aromatic heterocycles. The first-order chi connectivity index (χ1) is 14.4. The highest BCUT2D eigenvalue weighted by Crippen LogP contribution is 2.34. The number of carbonyl (C=O) groups excluding carboxylic acids is 1. The summed E-state index contributed by atoms with van der Waals surface area (Å²) in [6.07, 6.45) is 0.681. The third-order valence-corrected chi connectivity index (χ3v) is 7.28. The lowest BCUT2D eigenvalue weighted by Crippen LogP contribution is -2.40.